The summed E-state index contributed by atoms with van der Waals surface area (Å²) in [4.78, 5) is 40.1. The Morgan fingerprint density at radius 1 is 1.11 bits per heavy atom. The van der Waals surface area contributed by atoms with E-state index < -0.39 is 0 Å². The lowest BCUT2D eigenvalue weighted by atomic mass is 10.0. The van der Waals surface area contributed by atoms with Crippen molar-refractivity contribution in [1.82, 2.24) is 30.5 Å². The fourth-order valence-electron chi connectivity index (χ4n) is 3.86. The second kappa shape index (κ2) is 10.2. The van der Waals surface area contributed by atoms with Crippen LogP contribution in [0, 0.1) is 5.82 Å². The molecule has 0 unspecified atom stereocenters. The third-order valence-corrected chi connectivity index (χ3v) is 6.35. The summed E-state index contributed by atoms with van der Waals surface area (Å²) in [6, 6.07) is 15.1. The number of urea groups is 1. The van der Waals surface area contributed by atoms with Crippen LogP contribution in [0.1, 0.15) is 10.5 Å². The average Bonchev–Trinajstić information content (AvgIpc) is 3.29. The van der Waals surface area contributed by atoms with E-state index in [1.807, 2.05) is 30.3 Å². The summed E-state index contributed by atoms with van der Waals surface area (Å²) >= 11 is 3.56. The van der Waals surface area contributed by atoms with Crippen molar-refractivity contribution >= 4 is 50.5 Å². The number of aromatic nitrogens is 3. The minimum atomic E-state index is -0.381. The van der Waals surface area contributed by atoms with Crippen molar-refractivity contribution in [2.45, 2.75) is 0 Å². The number of amides is 3. The van der Waals surface area contributed by atoms with Crippen LogP contribution < -0.4 is 16.0 Å². The lowest BCUT2D eigenvalue weighted by Gasteiger charge is -2.16. The van der Waals surface area contributed by atoms with Gasteiger partial charge in [0.05, 0.1) is 0 Å². The highest BCUT2D eigenvalue weighted by molar-refractivity contribution is 9.10. The molecule has 1 aliphatic rings. The van der Waals surface area contributed by atoms with Gasteiger partial charge in [0.1, 0.15) is 11.5 Å². The molecule has 11 heteroatoms. The van der Waals surface area contributed by atoms with Gasteiger partial charge in [-0.2, -0.15) is 4.98 Å². The summed E-state index contributed by atoms with van der Waals surface area (Å²) in [5, 5.41) is 9.27. The Morgan fingerprint density at radius 3 is 2.67 bits per heavy atom. The molecule has 1 saturated heterocycles. The molecule has 2 aromatic carbocycles. The first-order valence-electron chi connectivity index (χ1n) is 11.2. The van der Waals surface area contributed by atoms with Gasteiger partial charge < -0.3 is 20.9 Å². The summed E-state index contributed by atoms with van der Waals surface area (Å²) in [6.07, 6.45) is 1.62. The molecule has 2 aromatic heterocycles. The smallest absolute Gasteiger partial charge is 0.317 e. The highest BCUT2D eigenvalue weighted by Gasteiger charge is 2.21. The standard InChI is InChI=1S/C25H21BrFN7O2/c26-20-4-2-1-3-18(20)19-13-15-14-30-24(31-17-7-5-16(27)6-8-17)33-22(15)32-21(19)23(35)28-9-11-34-12-10-29-25(34)36/h1-8,13-14H,9-12H2,(H,28,35)(H,29,36)(H,30,31,32,33). The van der Waals surface area contributed by atoms with Gasteiger partial charge in [-0.15, -0.1) is 0 Å². The molecule has 0 radical (unpaired) electrons. The SMILES string of the molecule is O=C(NCCN1CCNC1=O)c1nc2nc(Nc3ccc(F)cc3)ncc2cc1-c1ccccc1Br. The van der Waals surface area contributed by atoms with Crippen LogP contribution in [0.5, 0.6) is 0 Å². The van der Waals surface area contributed by atoms with Gasteiger partial charge in [0.15, 0.2) is 5.65 Å². The Hall–Kier alpha value is -4.12. The Labute approximate surface area is 214 Å². The number of halogens is 2. The molecule has 1 fully saturated rings. The van der Waals surface area contributed by atoms with Gasteiger partial charge in [0.2, 0.25) is 5.95 Å². The Balaban J connectivity index is 1.47. The molecule has 4 aromatic rings. The van der Waals surface area contributed by atoms with Crippen LogP contribution in [0.25, 0.3) is 22.2 Å². The summed E-state index contributed by atoms with van der Waals surface area (Å²) in [5.41, 5.74) is 2.56. The van der Waals surface area contributed by atoms with Crippen LogP contribution in [0.4, 0.5) is 20.8 Å². The van der Waals surface area contributed by atoms with Gasteiger partial charge in [-0.25, -0.2) is 19.2 Å². The summed E-state index contributed by atoms with van der Waals surface area (Å²) in [7, 11) is 0. The monoisotopic (exact) mass is 549 g/mol. The maximum atomic E-state index is 13.3. The molecule has 3 heterocycles. The fraction of sp³-hybridized carbons (Fsp3) is 0.160. The van der Waals surface area contributed by atoms with E-state index in [1.165, 1.54) is 12.1 Å². The van der Waals surface area contributed by atoms with Crippen LogP contribution in [0.2, 0.25) is 0 Å². The van der Waals surface area contributed by atoms with E-state index >= 15 is 0 Å². The molecule has 9 nitrogen and oxygen atoms in total. The highest BCUT2D eigenvalue weighted by atomic mass is 79.9. The van der Waals surface area contributed by atoms with Crippen molar-refractivity contribution in [1.29, 1.82) is 0 Å². The topological polar surface area (TPSA) is 112 Å². The molecule has 3 N–H and O–H groups in total. The Kier molecular flexibility index (Phi) is 6.72. The molecule has 0 aliphatic carbocycles. The average molecular weight is 550 g/mol. The Morgan fingerprint density at radius 2 is 1.92 bits per heavy atom. The van der Waals surface area contributed by atoms with Crippen LogP contribution >= 0.6 is 15.9 Å². The van der Waals surface area contributed by atoms with Crippen LogP contribution in [-0.2, 0) is 0 Å². The van der Waals surface area contributed by atoms with E-state index in [4.69, 9.17) is 0 Å². The van der Waals surface area contributed by atoms with Crippen molar-refractivity contribution in [3.8, 4) is 11.1 Å². The van der Waals surface area contributed by atoms with Crippen molar-refractivity contribution in [3.63, 3.8) is 0 Å². The largest absolute Gasteiger partial charge is 0.349 e. The van der Waals surface area contributed by atoms with Crippen LogP contribution in [-0.4, -0.2) is 58.0 Å². The van der Waals surface area contributed by atoms with E-state index in [0.29, 0.717) is 41.9 Å². The molecular weight excluding hydrogens is 529 g/mol. The number of anilines is 2. The molecule has 1 aliphatic heterocycles. The van der Waals surface area contributed by atoms with E-state index in [9.17, 15) is 14.0 Å². The van der Waals surface area contributed by atoms with Crippen LogP contribution in [0.15, 0.2) is 65.3 Å². The number of nitrogens with zero attached hydrogens (tertiary/aromatic N) is 4. The first-order chi connectivity index (χ1) is 17.5. The molecule has 5 rings (SSSR count). The summed E-state index contributed by atoms with van der Waals surface area (Å²) < 4.78 is 14.0. The van der Waals surface area contributed by atoms with Gasteiger partial charge in [-0.1, -0.05) is 34.1 Å². The number of pyridine rings is 1. The first-order valence-corrected chi connectivity index (χ1v) is 12.0. The third-order valence-electron chi connectivity index (χ3n) is 5.66. The second-order valence-electron chi connectivity index (χ2n) is 8.08. The van der Waals surface area contributed by atoms with Gasteiger partial charge >= 0.3 is 6.03 Å². The number of hydrogen-bond donors (Lipinski definition) is 3. The molecule has 0 bridgehead atoms. The van der Waals surface area contributed by atoms with Gasteiger partial charge in [-0.05, 0) is 42.0 Å². The quantitative estimate of drug-likeness (QED) is 0.320. The predicted octanol–water partition coefficient (Wildman–Crippen LogP) is 4.09. The van der Waals surface area contributed by atoms with E-state index in [1.54, 1.807) is 23.2 Å². The zero-order chi connectivity index (χ0) is 25.1. The van der Waals surface area contributed by atoms with E-state index in [2.05, 4.69) is 46.8 Å². The molecule has 0 saturated carbocycles. The summed E-state index contributed by atoms with van der Waals surface area (Å²) in [6.45, 7) is 1.87. The Bertz CT molecular complexity index is 1450. The highest BCUT2D eigenvalue weighted by Crippen LogP contribution is 2.32. The summed E-state index contributed by atoms with van der Waals surface area (Å²) in [5.74, 6) is -0.460. The maximum absolute atomic E-state index is 13.3. The normalized spacial score (nSPS) is 13.1. The number of carbonyl (C=O) groups is 2. The zero-order valence-electron chi connectivity index (χ0n) is 19.0. The maximum Gasteiger partial charge on any atom is 0.317 e. The van der Waals surface area contributed by atoms with Crippen LogP contribution in [0.3, 0.4) is 0 Å². The van der Waals surface area contributed by atoms with Crippen molar-refractivity contribution in [2.75, 3.05) is 31.5 Å². The predicted molar refractivity (Wildman–Crippen MR) is 137 cm³/mol. The second-order valence-corrected chi connectivity index (χ2v) is 8.93. The molecule has 3 amide bonds. The molecule has 0 spiro atoms. The molecule has 36 heavy (non-hydrogen) atoms. The zero-order valence-corrected chi connectivity index (χ0v) is 20.5. The number of hydrogen-bond acceptors (Lipinski definition) is 6. The third kappa shape index (κ3) is 5.10. The van der Waals surface area contributed by atoms with E-state index in [-0.39, 0.29) is 35.9 Å². The minimum absolute atomic E-state index is 0.139. The van der Waals surface area contributed by atoms with Crippen molar-refractivity contribution in [2.24, 2.45) is 0 Å². The van der Waals surface area contributed by atoms with Crippen molar-refractivity contribution < 1.29 is 14.0 Å². The lowest BCUT2D eigenvalue weighted by molar-refractivity contribution is 0.0946. The number of nitrogens with one attached hydrogen (secondary N) is 3. The first kappa shape index (κ1) is 23.6. The fourth-order valence-corrected chi connectivity index (χ4v) is 4.36. The van der Waals surface area contributed by atoms with E-state index in [0.717, 1.165) is 10.0 Å². The van der Waals surface area contributed by atoms with Gasteiger partial charge in [0.25, 0.3) is 5.91 Å². The van der Waals surface area contributed by atoms with Gasteiger partial charge in [0, 0.05) is 53.5 Å². The number of benzene rings is 2. The number of carbonyl (C=O) groups excluding carboxylic acids is 2. The van der Waals surface area contributed by atoms with Gasteiger partial charge in [-0.3, -0.25) is 4.79 Å². The number of fused-ring (bicyclic) bond motifs is 1. The molecule has 182 valence electrons. The minimum Gasteiger partial charge on any atom is -0.349 e. The molecular formula is C25H21BrFN7O2. The van der Waals surface area contributed by atoms with Crippen molar-refractivity contribution in [3.05, 3.63) is 76.8 Å². The number of rotatable bonds is 7. The molecule has 0 atom stereocenters. The lowest BCUT2D eigenvalue weighted by Crippen LogP contribution is -2.37.